The van der Waals surface area contributed by atoms with Gasteiger partial charge in [-0.1, -0.05) is 36.4 Å². The van der Waals surface area contributed by atoms with Crippen LogP contribution < -0.4 is 5.32 Å². The molecule has 0 aliphatic carbocycles. The Bertz CT molecular complexity index is 1180. The smallest absolute Gasteiger partial charge is 0.257 e. The van der Waals surface area contributed by atoms with Crippen molar-refractivity contribution >= 4 is 28.8 Å². The lowest BCUT2D eigenvalue weighted by Crippen LogP contribution is -2.35. The maximum absolute atomic E-state index is 13.0. The maximum atomic E-state index is 13.0. The van der Waals surface area contributed by atoms with Crippen molar-refractivity contribution in [2.45, 2.75) is 32.2 Å². The van der Waals surface area contributed by atoms with Gasteiger partial charge in [0, 0.05) is 31.3 Å². The van der Waals surface area contributed by atoms with Gasteiger partial charge < -0.3 is 14.4 Å². The third-order valence-electron chi connectivity index (χ3n) is 6.23. The molecule has 2 amide bonds. The van der Waals surface area contributed by atoms with E-state index in [-0.39, 0.29) is 17.9 Å². The second-order valence-electron chi connectivity index (χ2n) is 9.17. The summed E-state index contributed by atoms with van der Waals surface area (Å²) in [7, 11) is 3.96. The molecular weight excluding hydrogens is 426 g/mol. The van der Waals surface area contributed by atoms with Crippen LogP contribution in [0, 0.1) is 6.92 Å². The van der Waals surface area contributed by atoms with Gasteiger partial charge in [0.25, 0.3) is 5.91 Å². The molecule has 1 N–H and O–H groups in total. The van der Waals surface area contributed by atoms with E-state index in [0.29, 0.717) is 18.1 Å². The van der Waals surface area contributed by atoms with Gasteiger partial charge >= 0.3 is 0 Å². The molecule has 0 radical (unpaired) electrons. The minimum atomic E-state index is -0.192. The normalized spacial score (nSPS) is 16.8. The van der Waals surface area contributed by atoms with Crippen molar-refractivity contribution in [3.05, 3.63) is 71.8 Å². The molecule has 34 heavy (non-hydrogen) atoms. The summed E-state index contributed by atoms with van der Waals surface area (Å²) >= 11 is 0. The zero-order chi connectivity index (χ0) is 24.1. The first-order valence-corrected chi connectivity index (χ1v) is 11.9. The fraction of sp³-hybridized carbons (Fsp3) is 0.370. The first-order chi connectivity index (χ1) is 16.4. The second-order valence-corrected chi connectivity index (χ2v) is 9.17. The number of likely N-dealkylation sites (tertiary alicyclic amines) is 1. The molecular formula is C27H33N5O2. The quantitative estimate of drug-likeness (QED) is 0.559. The van der Waals surface area contributed by atoms with Gasteiger partial charge in [-0.25, -0.2) is 4.98 Å². The number of hydrogen-bond donors (Lipinski definition) is 1. The molecule has 2 aromatic carbocycles. The lowest BCUT2D eigenvalue weighted by Gasteiger charge is -2.26. The van der Waals surface area contributed by atoms with Crippen LogP contribution in [0.4, 0.5) is 5.95 Å². The van der Waals surface area contributed by atoms with Crippen LogP contribution in [-0.2, 0) is 4.79 Å². The van der Waals surface area contributed by atoms with E-state index in [2.05, 4.69) is 22.9 Å². The van der Waals surface area contributed by atoms with Gasteiger partial charge in [0.1, 0.15) is 0 Å². The van der Waals surface area contributed by atoms with Crippen LogP contribution in [0.1, 0.15) is 41.2 Å². The molecule has 4 rings (SSSR count). The van der Waals surface area contributed by atoms with E-state index in [1.54, 1.807) is 18.2 Å². The number of aromatic nitrogens is 2. The average Bonchev–Trinajstić information content (AvgIpc) is 3.01. The van der Waals surface area contributed by atoms with Crippen molar-refractivity contribution in [3.63, 3.8) is 0 Å². The van der Waals surface area contributed by atoms with Crippen LogP contribution in [-0.4, -0.2) is 64.9 Å². The van der Waals surface area contributed by atoms with Crippen molar-refractivity contribution in [2.24, 2.45) is 0 Å². The monoisotopic (exact) mass is 459 g/mol. The van der Waals surface area contributed by atoms with E-state index in [1.807, 2.05) is 60.3 Å². The summed E-state index contributed by atoms with van der Waals surface area (Å²) in [5.74, 6) is 0.369. The summed E-state index contributed by atoms with van der Waals surface area (Å²) < 4.78 is 2.14. The van der Waals surface area contributed by atoms with E-state index in [4.69, 9.17) is 4.98 Å². The van der Waals surface area contributed by atoms with Crippen molar-refractivity contribution in [2.75, 3.05) is 39.0 Å². The highest BCUT2D eigenvalue weighted by Gasteiger charge is 2.27. The van der Waals surface area contributed by atoms with Crippen LogP contribution in [0.25, 0.3) is 11.0 Å². The van der Waals surface area contributed by atoms with Crippen LogP contribution in [0.5, 0.6) is 0 Å². The number of likely N-dealkylation sites (N-methyl/N-ethyl adjacent to an activating group) is 1. The number of imidazole rings is 1. The number of carbonyl (C=O) groups excluding carboxylic acids is 2. The molecule has 1 saturated heterocycles. The Morgan fingerprint density at radius 3 is 2.68 bits per heavy atom. The molecule has 178 valence electrons. The Hall–Kier alpha value is -3.45. The summed E-state index contributed by atoms with van der Waals surface area (Å²) in [5.41, 5.74) is 3.53. The third-order valence-corrected chi connectivity index (χ3v) is 6.23. The molecule has 7 nitrogen and oxygen atoms in total. The number of aryl methyl sites for hydroxylation is 1. The number of hydrogen-bond acceptors (Lipinski definition) is 4. The van der Waals surface area contributed by atoms with Crippen LogP contribution in [0.15, 0.2) is 60.7 Å². The molecule has 1 aromatic heterocycles. The predicted octanol–water partition coefficient (Wildman–Crippen LogP) is 4.27. The molecule has 1 aliphatic rings. The first kappa shape index (κ1) is 23.7. The molecule has 1 fully saturated rings. The second kappa shape index (κ2) is 10.7. The van der Waals surface area contributed by atoms with Gasteiger partial charge in [0.05, 0.1) is 17.1 Å². The van der Waals surface area contributed by atoms with Crippen molar-refractivity contribution in [3.8, 4) is 0 Å². The predicted molar refractivity (Wildman–Crippen MR) is 136 cm³/mol. The SMILES string of the molecule is Cc1cccc2nc(NC(=O)c3ccccc3)n(C3CCCCN(C(=O)C=CCN(C)C)C3)c12. The molecule has 0 bridgehead atoms. The summed E-state index contributed by atoms with van der Waals surface area (Å²) in [6.07, 6.45) is 6.47. The first-order valence-electron chi connectivity index (χ1n) is 11.9. The van der Waals surface area contributed by atoms with Crippen LogP contribution >= 0.6 is 0 Å². The van der Waals surface area contributed by atoms with Gasteiger partial charge in [-0.15, -0.1) is 0 Å². The average molecular weight is 460 g/mol. The Labute approximate surface area is 201 Å². The number of anilines is 1. The summed E-state index contributed by atoms with van der Waals surface area (Å²) in [5, 5.41) is 3.04. The van der Waals surface area contributed by atoms with Gasteiger partial charge in [0.15, 0.2) is 0 Å². The van der Waals surface area contributed by atoms with Crippen molar-refractivity contribution in [1.29, 1.82) is 0 Å². The van der Waals surface area contributed by atoms with Crippen molar-refractivity contribution < 1.29 is 9.59 Å². The highest BCUT2D eigenvalue weighted by molar-refractivity contribution is 6.04. The zero-order valence-corrected chi connectivity index (χ0v) is 20.2. The number of nitrogens with one attached hydrogen (secondary N) is 1. The molecule has 1 unspecified atom stereocenters. The number of nitrogens with zero attached hydrogens (tertiary/aromatic N) is 4. The largest absolute Gasteiger partial charge is 0.337 e. The van der Waals surface area contributed by atoms with E-state index in [1.165, 1.54) is 0 Å². The minimum absolute atomic E-state index is 0.0193. The number of benzene rings is 2. The van der Waals surface area contributed by atoms with Gasteiger partial charge in [0.2, 0.25) is 11.9 Å². The Balaban J connectivity index is 1.67. The minimum Gasteiger partial charge on any atom is -0.337 e. The number of amides is 2. The van der Waals surface area contributed by atoms with E-state index < -0.39 is 0 Å². The highest BCUT2D eigenvalue weighted by Crippen LogP contribution is 2.32. The van der Waals surface area contributed by atoms with Gasteiger partial charge in [-0.05, 0) is 64.0 Å². The Kier molecular flexibility index (Phi) is 7.43. The lowest BCUT2D eigenvalue weighted by molar-refractivity contribution is -0.126. The zero-order valence-electron chi connectivity index (χ0n) is 20.2. The molecule has 3 aromatic rings. The molecule has 1 atom stereocenters. The Morgan fingerprint density at radius 2 is 1.91 bits per heavy atom. The fourth-order valence-corrected chi connectivity index (χ4v) is 4.53. The van der Waals surface area contributed by atoms with Gasteiger partial charge in [-0.2, -0.15) is 0 Å². The molecule has 0 saturated carbocycles. The Morgan fingerprint density at radius 1 is 1.12 bits per heavy atom. The number of carbonyl (C=O) groups is 2. The number of rotatable bonds is 6. The topological polar surface area (TPSA) is 70.5 Å². The fourth-order valence-electron chi connectivity index (χ4n) is 4.53. The standard InChI is InChI=1S/C27H33N5O2/c1-20-11-9-15-23-25(20)32(27(28-23)29-26(34)21-12-5-4-6-13-21)22-14-7-8-18-31(19-22)24(33)16-10-17-30(2)3/h4-6,9-13,15-16,22H,7-8,14,17-19H2,1-3H3,(H,28,29,34). The molecule has 2 heterocycles. The molecule has 0 spiro atoms. The third kappa shape index (κ3) is 5.37. The number of para-hydroxylation sites is 1. The van der Waals surface area contributed by atoms with E-state index in [9.17, 15) is 9.59 Å². The number of fused-ring (bicyclic) bond motifs is 1. The van der Waals surface area contributed by atoms with E-state index in [0.717, 1.165) is 48.9 Å². The van der Waals surface area contributed by atoms with Gasteiger partial charge in [-0.3, -0.25) is 14.9 Å². The summed E-state index contributed by atoms with van der Waals surface area (Å²) in [4.78, 5) is 34.7. The van der Waals surface area contributed by atoms with E-state index >= 15 is 0 Å². The maximum Gasteiger partial charge on any atom is 0.257 e. The molecule has 7 heteroatoms. The summed E-state index contributed by atoms with van der Waals surface area (Å²) in [6, 6.07) is 15.2. The summed E-state index contributed by atoms with van der Waals surface area (Å²) in [6.45, 7) is 4.11. The lowest BCUT2D eigenvalue weighted by atomic mass is 10.1. The van der Waals surface area contributed by atoms with Crippen molar-refractivity contribution in [1.82, 2.24) is 19.4 Å². The van der Waals surface area contributed by atoms with Crippen LogP contribution in [0.3, 0.4) is 0 Å². The van der Waals surface area contributed by atoms with Crippen LogP contribution in [0.2, 0.25) is 0 Å². The molecule has 1 aliphatic heterocycles. The highest BCUT2D eigenvalue weighted by atomic mass is 16.2.